The molecule has 0 radical (unpaired) electrons. The highest BCUT2D eigenvalue weighted by Gasteiger charge is 2.27. The molecule has 5 heteroatoms. The van der Waals surface area contributed by atoms with Crippen molar-refractivity contribution >= 4 is 5.91 Å². The Labute approximate surface area is 94.6 Å². The Morgan fingerprint density at radius 2 is 2.50 bits per heavy atom. The van der Waals surface area contributed by atoms with Crippen molar-refractivity contribution in [1.29, 1.82) is 0 Å². The summed E-state index contributed by atoms with van der Waals surface area (Å²) in [5, 5.41) is 9.60. The van der Waals surface area contributed by atoms with Gasteiger partial charge in [0.1, 0.15) is 6.10 Å². The highest BCUT2D eigenvalue weighted by atomic mass is 16.5. The number of carbonyl (C=O) groups is 1. The molecule has 2 atom stereocenters. The molecule has 5 nitrogen and oxygen atoms in total. The van der Waals surface area contributed by atoms with Crippen molar-refractivity contribution in [2.75, 3.05) is 0 Å². The molecule has 2 rings (SSSR count). The third-order valence-electron chi connectivity index (χ3n) is 2.91. The van der Waals surface area contributed by atoms with Crippen LogP contribution in [0.15, 0.2) is 6.20 Å². The molecule has 16 heavy (non-hydrogen) atoms. The summed E-state index contributed by atoms with van der Waals surface area (Å²) in [6.45, 7) is 4.44. The summed E-state index contributed by atoms with van der Waals surface area (Å²) in [7, 11) is 0. The molecule has 1 amide bonds. The molecule has 88 valence electrons. The first kappa shape index (κ1) is 11.1. The van der Waals surface area contributed by atoms with Gasteiger partial charge in [0.25, 0.3) is 0 Å². The third kappa shape index (κ3) is 2.41. The van der Waals surface area contributed by atoms with E-state index in [9.17, 15) is 4.79 Å². The molecule has 1 aliphatic rings. The summed E-state index contributed by atoms with van der Waals surface area (Å²) in [5.74, 6) is -0.0232. The molecule has 1 saturated heterocycles. The van der Waals surface area contributed by atoms with Gasteiger partial charge in [0.05, 0.1) is 12.3 Å². The minimum atomic E-state index is -0.276. The monoisotopic (exact) mass is 223 g/mol. The molecule has 2 N–H and O–H groups in total. The van der Waals surface area contributed by atoms with Crippen LogP contribution < -0.4 is 5.32 Å². The van der Waals surface area contributed by atoms with Crippen LogP contribution in [0.5, 0.6) is 0 Å². The first-order chi connectivity index (χ1) is 7.66. The Morgan fingerprint density at radius 1 is 1.69 bits per heavy atom. The van der Waals surface area contributed by atoms with Gasteiger partial charge in [-0.25, -0.2) is 0 Å². The van der Waals surface area contributed by atoms with Gasteiger partial charge < -0.3 is 10.1 Å². The van der Waals surface area contributed by atoms with Crippen molar-refractivity contribution in [3.05, 3.63) is 17.5 Å². The van der Waals surface area contributed by atoms with E-state index in [1.807, 2.05) is 13.8 Å². The van der Waals surface area contributed by atoms with Crippen molar-refractivity contribution < 1.29 is 9.53 Å². The van der Waals surface area contributed by atoms with Gasteiger partial charge in [0.15, 0.2) is 0 Å². The van der Waals surface area contributed by atoms with E-state index in [1.165, 1.54) is 0 Å². The zero-order chi connectivity index (χ0) is 11.5. The second-order valence-corrected chi connectivity index (χ2v) is 4.25. The second-order valence-electron chi connectivity index (χ2n) is 4.25. The van der Waals surface area contributed by atoms with E-state index >= 15 is 0 Å². The number of rotatable bonds is 3. The van der Waals surface area contributed by atoms with Crippen molar-refractivity contribution in [2.24, 2.45) is 0 Å². The van der Waals surface area contributed by atoms with Gasteiger partial charge in [-0.2, -0.15) is 5.10 Å². The predicted octanol–water partition coefficient (Wildman–Crippen LogP) is 0.902. The number of aromatic amines is 1. The molecule has 0 saturated carbocycles. The number of H-pyrrole nitrogens is 1. The van der Waals surface area contributed by atoms with Crippen LogP contribution in [0.4, 0.5) is 0 Å². The normalized spacial score (nSPS) is 24.6. The lowest BCUT2D eigenvalue weighted by molar-refractivity contribution is -0.131. The summed E-state index contributed by atoms with van der Waals surface area (Å²) in [6, 6.07) is 0. The van der Waals surface area contributed by atoms with E-state index < -0.39 is 0 Å². The molecular formula is C11H17N3O2. The van der Waals surface area contributed by atoms with Crippen LogP contribution in [0, 0.1) is 6.92 Å². The van der Waals surface area contributed by atoms with E-state index in [1.54, 1.807) is 6.20 Å². The smallest absolute Gasteiger partial charge is 0.249 e. The molecule has 2 heterocycles. The average molecular weight is 223 g/mol. The summed E-state index contributed by atoms with van der Waals surface area (Å²) >= 11 is 0. The third-order valence-corrected chi connectivity index (χ3v) is 2.91. The van der Waals surface area contributed by atoms with Crippen molar-refractivity contribution in [3.8, 4) is 0 Å². The first-order valence-electron chi connectivity index (χ1n) is 5.59. The van der Waals surface area contributed by atoms with Gasteiger partial charge in [-0.1, -0.05) is 0 Å². The number of nitrogens with one attached hydrogen (secondary N) is 2. The number of hydrogen-bond acceptors (Lipinski definition) is 3. The van der Waals surface area contributed by atoms with Gasteiger partial charge in [-0.05, 0) is 26.7 Å². The highest BCUT2D eigenvalue weighted by molar-refractivity contribution is 5.81. The minimum Gasteiger partial charge on any atom is -0.365 e. The lowest BCUT2D eigenvalue weighted by atomic mass is 10.2. The molecule has 2 unspecified atom stereocenters. The maximum absolute atomic E-state index is 11.7. The molecule has 1 aromatic rings. The Kier molecular flexibility index (Phi) is 3.24. The molecule has 1 fully saturated rings. The van der Waals surface area contributed by atoms with E-state index in [4.69, 9.17) is 4.74 Å². The van der Waals surface area contributed by atoms with E-state index in [-0.39, 0.29) is 18.1 Å². The first-order valence-corrected chi connectivity index (χ1v) is 5.59. The van der Waals surface area contributed by atoms with Crippen LogP contribution in [0.2, 0.25) is 0 Å². The number of aromatic nitrogens is 2. The Balaban J connectivity index is 1.82. The highest BCUT2D eigenvalue weighted by Crippen LogP contribution is 2.19. The number of hydrogen-bond donors (Lipinski definition) is 2. The zero-order valence-electron chi connectivity index (χ0n) is 9.62. The molecule has 0 aliphatic carbocycles. The summed E-state index contributed by atoms with van der Waals surface area (Å²) < 4.78 is 5.49. The zero-order valence-corrected chi connectivity index (χ0v) is 9.62. The fourth-order valence-corrected chi connectivity index (χ4v) is 1.85. The standard InChI is InChI=1S/C11H17N3O2/c1-7-3-4-10(16-7)11(15)12-5-9-6-13-14-8(9)2/h6-7,10H,3-5H2,1-2H3,(H,12,15)(H,13,14). The summed E-state index contributed by atoms with van der Waals surface area (Å²) in [6.07, 6.45) is 3.43. The van der Waals surface area contributed by atoms with Gasteiger partial charge in [0, 0.05) is 17.8 Å². The van der Waals surface area contributed by atoms with E-state index in [2.05, 4.69) is 15.5 Å². The number of nitrogens with zero attached hydrogens (tertiary/aromatic N) is 1. The van der Waals surface area contributed by atoms with Crippen molar-refractivity contribution in [2.45, 2.75) is 45.4 Å². The van der Waals surface area contributed by atoms with Gasteiger partial charge >= 0.3 is 0 Å². The largest absolute Gasteiger partial charge is 0.365 e. The molecule has 0 bridgehead atoms. The topological polar surface area (TPSA) is 67.0 Å². The fraction of sp³-hybridized carbons (Fsp3) is 0.636. The Morgan fingerprint density at radius 3 is 3.06 bits per heavy atom. The number of aryl methyl sites for hydroxylation is 1. The summed E-state index contributed by atoms with van der Waals surface area (Å²) in [4.78, 5) is 11.7. The number of amides is 1. The summed E-state index contributed by atoms with van der Waals surface area (Å²) in [5.41, 5.74) is 2.00. The van der Waals surface area contributed by atoms with E-state index in [0.29, 0.717) is 6.54 Å². The minimum absolute atomic E-state index is 0.0232. The van der Waals surface area contributed by atoms with Crippen LogP contribution in [0.1, 0.15) is 31.0 Å². The van der Waals surface area contributed by atoms with Crippen LogP contribution in [0.25, 0.3) is 0 Å². The number of carbonyl (C=O) groups excluding carboxylic acids is 1. The molecule has 0 spiro atoms. The predicted molar refractivity (Wildman–Crippen MR) is 58.7 cm³/mol. The van der Waals surface area contributed by atoms with Gasteiger partial charge in [-0.3, -0.25) is 9.89 Å². The lowest BCUT2D eigenvalue weighted by Gasteiger charge is -2.11. The second kappa shape index (κ2) is 4.65. The molecule has 1 aromatic heterocycles. The van der Waals surface area contributed by atoms with Crippen LogP contribution in [0.3, 0.4) is 0 Å². The Bertz CT molecular complexity index is 375. The van der Waals surface area contributed by atoms with Crippen molar-refractivity contribution in [1.82, 2.24) is 15.5 Å². The van der Waals surface area contributed by atoms with Gasteiger partial charge in [-0.15, -0.1) is 0 Å². The van der Waals surface area contributed by atoms with Crippen LogP contribution in [-0.2, 0) is 16.1 Å². The van der Waals surface area contributed by atoms with E-state index in [0.717, 1.165) is 24.1 Å². The maximum atomic E-state index is 11.7. The lowest BCUT2D eigenvalue weighted by Crippen LogP contribution is -2.34. The Hall–Kier alpha value is -1.36. The van der Waals surface area contributed by atoms with Crippen LogP contribution in [-0.4, -0.2) is 28.3 Å². The number of ether oxygens (including phenoxy) is 1. The quantitative estimate of drug-likeness (QED) is 0.800. The van der Waals surface area contributed by atoms with Crippen LogP contribution >= 0.6 is 0 Å². The fourth-order valence-electron chi connectivity index (χ4n) is 1.85. The maximum Gasteiger partial charge on any atom is 0.249 e. The molecule has 0 aromatic carbocycles. The SMILES string of the molecule is Cc1[nH]ncc1CNC(=O)C1CCC(C)O1. The average Bonchev–Trinajstić information content (AvgIpc) is 2.84. The van der Waals surface area contributed by atoms with Crippen molar-refractivity contribution in [3.63, 3.8) is 0 Å². The molecule has 1 aliphatic heterocycles. The van der Waals surface area contributed by atoms with Gasteiger partial charge in [0.2, 0.25) is 5.91 Å². The molecular weight excluding hydrogens is 206 g/mol.